The highest BCUT2D eigenvalue weighted by molar-refractivity contribution is 9.10. The van der Waals surface area contributed by atoms with Crippen LogP contribution in [0, 0.1) is 5.82 Å². The molecule has 2 aromatic rings. The van der Waals surface area contributed by atoms with Crippen LogP contribution in [0.15, 0.2) is 46.4 Å². The van der Waals surface area contributed by atoms with Gasteiger partial charge in [0.15, 0.2) is 0 Å². The number of esters is 1. The summed E-state index contributed by atoms with van der Waals surface area (Å²) in [5, 5.41) is 0. The Bertz CT molecular complexity index is 853. The van der Waals surface area contributed by atoms with E-state index in [4.69, 9.17) is 25.8 Å². The molecular weight excluding hydrogens is 415 g/mol. The Morgan fingerprint density at radius 1 is 1.32 bits per heavy atom. The van der Waals surface area contributed by atoms with Crippen molar-refractivity contribution in [3.05, 3.63) is 63.4 Å². The molecule has 0 aromatic heterocycles. The van der Waals surface area contributed by atoms with Gasteiger partial charge >= 0.3 is 5.97 Å². The molecule has 1 aliphatic heterocycles. The molecule has 3 rings (SSSR count). The highest BCUT2D eigenvalue weighted by Crippen LogP contribution is 2.33. The van der Waals surface area contributed by atoms with Crippen molar-refractivity contribution in [3.8, 4) is 11.5 Å². The van der Waals surface area contributed by atoms with Gasteiger partial charge in [-0.15, -0.1) is 11.6 Å². The van der Waals surface area contributed by atoms with Gasteiger partial charge in [-0.3, -0.25) is 0 Å². The van der Waals surface area contributed by atoms with E-state index in [-0.39, 0.29) is 11.3 Å². The first kappa shape index (κ1) is 17.9. The fraction of sp³-hybridized carbons (Fsp3) is 0.167. The normalized spacial score (nSPS) is 15.8. The molecule has 1 unspecified atom stereocenters. The summed E-state index contributed by atoms with van der Waals surface area (Å²) in [6, 6.07) is 9.25. The molecule has 0 radical (unpaired) electrons. The summed E-state index contributed by atoms with van der Waals surface area (Å²) in [5.74, 6) is -0.226. The highest BCUT2D eigenvalue weighted by atomic mass is 79.9. The van der Waals surface area contributed by atoms with Gasteiger partial charge in [-0.05, 0) is 51.8 Å². The Kier molecular flexibility index (Phi) is 5.42. The molecule has 0 amide bonds. The van der Waals surface area contributed by atoms with E-state index in [0.717, 1.165) is 11.6 Å². The van der Waals surface area contributed by atoms with Crippen LogP contribution in [0.3, 0.4) is 0 Å². The van der Waals surface area contributed by atoms with Crippen molar-refractivity contribution in [2.75, 3.05) is 7.11 Å². The van der Waals surface area contributed by atoms with E-state index in [2.05, 4.69) is 15.9 Å². The molecule has 130 valence electrons. The standard InChI is InChI=1S/C18H13BrClFO4/c1-23-18-13(7-11-6-10(9-20)2-5-15(11)25-18)17(22)24-16-8-12(21)3-4-14(16)19/h2-8,18H,9H2,1H3. The zero-order valence-electron chi connectivity index (χ0n) is 13.1. The third-order valence-electron chi connectivity index (χ3n) is 3.57. The summed E-state index contributed by atoms with van der Waals surface area (Å²) in [4.78, 5) is 12.5. The van der Waals surface area contributed by atoms with E-state index in [1.165, 1.54) is 19.2 Å². The molecule has 0 aliphatic carbocycles. The number of alkyl halides is 1. The second kappa shape index (κ2) is 7.56. The third-order valence-corrected chi connectivity index (χ3v) is 4.54. The zero-order valence-corrected chi connectivity index (χ0v) is 15.4. The van der Waals surface area contributed by atoms with Crippen LogP contribution in [0.2, 0.25) is 0 Å². The quantitative estimate of drug-likeness (QED) is 0.404. The van der Waals surface area contributed by atoms with Gasteiger partial charge in [0.1, 0.15) is 22.9 Å². The first-order chi connectivity index (χ1) is 12.0. The molecule has 25 heavy (non-hydrogen) atoms. The number of hydrogen-bond acceptors (Lipinski definition) is 4. The largest absolute Gasteiger partial charge is 0.460 e. The van der Waals surface area contributed by atoms with E-state index in [0.29, 0.717) is 21.7 Å². The van der Waals surface area contributed by atoms with Crippen molar-refractivity contribution in [2.45, 2.75) is 12.2 Å². The van der Waals surface area contributed by atoms with E-state index in [1.807, 2.05) is 12.1 Å². The predicted molar refractivity (Wildman–Crippen MR) is 95.1 cm³/mol. The molecule has 4 nitrogen and oxygen atoms in total. The number of ether oxygens (including phenoxy) is 3. The van der Waals surface area contributed by atoms with Crippen molar-refractivity contribution in [1.82, 2.24) is 0 Å². The molecule has 1 atom stereocenters. The minimum absolute atomic E-state index is 0.0704. The van der Waals surface area contributed by atoms with Crippen LogP contribution in [0.5, 0.6) is 11.5 Å². The second-order valence-electron chi connectivity index (χ2n) is 5.26. The molecule has 0 fully saturated rings. The second-order valence-corrected chi connectivity index (χ2v) is 6.38. The molecule has 0 N–H and O–H groups in total. The minimum Gasteiger partial charge on any atom is -0.460 e. The number of carbonyl (C=O) groups is 1. The van der Waals surface area contributed by atoms with Gasteiger partial charge in [0.05, 0.1) is 4.47 Å². The Labute approximate surface area is 157 Å². The summed E-state index contributed by atoms with van der Waals surface area (Å²) in [6.07, 6.45) is 0.702. The number of halogens is 3. The van der Waals surface area contributed by atoms with Crippen molar-refractivity contribution in [1.29, 1.82) is 0 Å². The highest BCUT2D eigenvalue weighted by Gasteiger charge is 2.29. The van der Waals surface area contributed by atoms with Crippen LogP contribution in [0.1, 0.15) is 11.1 Å². The molecule has 0 saturated heterocycles. The number of benzene rings is 2. The average Bonchev–Trinajstić information content (AvgIpc) is 2.62. The van der Waals surface area contributed by atoms with Crippen LogP contribution >= 0.6 is 27.5 Å². The lowest BCUT2D eigenvalue weighted by atomic mass is 10.0. The maximum Gasteiger partial charge on any atom is 0.345 e. The van der Waals surface area contributed by atoms with Crippen LogP contribution < -0.4 is 9.47 Å². The number of hydrogen-bond donors (Lipinski definition) is 0. The van der Waals surface area contributed by atoms with Crippen molar-refractivity contribution >= 4 is 39.6 Å². The topological polar surface area (TPSA) is 44.8 Å². The molecule has 0 spiro atoms. The van der Waals surface area contributed by atoms with Gasteiger partial charge in [-0.25, -0.2) is 9.18 Å². The van der Waals surface area contributed by atoms with Gasteiger partial charge in [0, 0.05) is 24.6 Å². The van der Waals surface area contributed by atoms with Gasteiger partial charge < -0.3 is 14.2 Å². The lowest BCUT2D eigenvalue weighted by Crippen LogP contribution is -2.31. The molecule has 2 aromatic carbocycles. The monoisotopic (exact) mass is 426 g/mol. The minimum atomic E-state index is -0.922. The molecule has 7 heteroatoms. The number of rotatable bonds is 4. The van der Waals surface area contributed by atoms with E-state index >= 15 is 0 Å². The van der Waals surface area contributed by atoms with Crippen LogP contribution in [-0.4, -0.2) is 19.4 Å². The molecule has 1 heterocycles. The smallest absolute Gasteiger partial charge is 0.345 e. The van der Waals surface area contributed by atoms with Gasteiger partial charge in [0.2, 0.25) is 6.29 Å². The fourth-order valence-corrected chi connectivity index (χ4v) is 2.85. The molecule has 1 aliphatic rings. The molecular formula is C18H13BrClFO4. The van der Waals surface area contributed by atoms with Gasteiger partial charge in [-0.1, -0.05) is 6.07 Å². The Hall–Kier alpha value is -1.89. The first-order valence-electron chi connectivity index (χ1n) is 7.29. The predicted octanol–water partition coefficient (Wildman–Crippen LogP) is 4.68. The third kappa shape index (κ3) is 3.86. The maximum atomic E-state index is 13.4. The molecule has 0 saturated carbocycles. The van der Waals surface area contributed by atoms with Crippen LogP contribution in [-0.2, 0) is 15.4 Å². The summed E-state index contributed by atoms with van der Waals surface area (Å²) in [7, 11) is 1.42. The number of methoxy groups -OCH3 is 1. The summed E-state index contributed by atoms with van der Waals surface area (Å²) in [6.45, 7) is 0. The van der Waals surface area contributed by atoms with Gasteiger partial charge in [0.25, 0.3) is 0 Å². The zero-order chi connectivity index (χ0) is 18.0. The SMILES string of the molecule is COC1Oc2ccc(CCl)cc2C=C1C(=O)Oc1cc(F)ccc1Br. The summed E-state index contributed by atoms with van der Waals surface area (Å²) in [5.41, 5.74) is 1.74. The Balaban J connectivity index is 1.93. The Morgan fingerprint density at radius 2 is 2.12 bits per heavy atom. The van der Waals surface area contributed by atoms with E-state index < -0.39 is 18.1 Å². The lowest BCUT2D eigenvalue weighted by Gasteiger charge is -2.25. The average molecular weight is 428 g/mol. The first-order valence-corrected chi connectivity index (χ1v) is 8.61. The van der Waals surface area contributed by atoms with Crippen molar-refractivity contribution < 1.29 is 23.4 Å². The molecule has 0 bridgehead atoms. The fourth-order valence-electron chi connectivity index (χ4n) is 2.36. The van der Waals surface area contributed by atoms with Crippen LogP contribution in [0.25, 0.3) is 6.08 Å². The van der Waals surface area contributed by atoms with Crippen LogP contribution in [0.4, 0.5) is 4.39 Å². The van der Waals surface area contributed by atoms with Crippen molar-refractivity contribution in [2.24, 2.45) is 0 Å². The number of carbonyl (C=O) groups excluding carboxylic acids is 1. The van der Waals surface area contributed by atoms with E-state index in [9.17, 15) is 9.18 Å². The Morgan fingerprint density at radius 3 is 2.84 bits per heavy atom. The number of fused-ring (bicyclic) bond motifs is 1. The maximum absolute atomic E-state index is 13.4. The summed E-state index contributed by atoms with van der Waals surface area (Å²) >= 11 is 9.06. The lowest BCUT2D eigenvalue weighted by molar-refractivity contribution is -0.134. The van der Waals surface area contributed by atoms with Crippen molar-refractivity contribution in [3.63, 3.8) is 0 Å². The summed E-state index contributed by atoms with van der Waals surface area (Å²) < 4.78 is 30.0. The van der Waals surface area contributed by atoms with Gasteiger partial charge in [-0.2, -0.15) is 0 Å². The van der Waals surface area contributed by atoms with E-state index in [1.54, 1.807) is 12.1 Å².